The Labute approximate surface area is 186 Å². The molecule has 30 heavy (non-hydrogen) atoms. The number of hydrogen-bond acceptors (Lipinski definition) is 5. The number of carbonyl (C=O) groups is 1. The molecule has 0 radical (unpaired) electrons. The number of rotatable bonds is 7. The van der Waals surface area contributed by atoms with Crippen LogP contribution in [0.5, 0.6) is 11.5 Å². The Balaban J connectivity index is 1.88. The summed E-state index contributed by atoms with van der Waals surface area (Å²) < 4.78 is 7.10. The van der Waals surface area contributed by atoms with Crippen LogP contribution >= 0.6 is 34.8 Å². The maximum absolute atomic E-state index is 12.7. The van der Waals surface area contributed by atoms with Gasteiger partial charge in [-0.2, -0.15) is 5.10 Å². The second kappa shape index (κ2) is 9.34. The van der Waals surface area contributed by atoms with Crippen LogP contribution in [0.3, 0.4) is 0 Å². The van der Waals surface area contributed by atoms with Gasteiger partial charge in [0.25, 0.3) is 5.69 Å². The van der Waals surface area contributed by atoms with Gasteiger partial charge in [0, 0.05) is 23.4 Å². The van der Waals surface area contributed by atoms with Gasteiger partial charge in [0.2, 0.25) is 5.91 Å². The lowest BCUT2D eigenvalue weighted by atomic mass is 10.2. The highest BCUT2D eigenvalue weighted by atomic mass is 35.5. The summed E-state index contributed by atoms with van der Waals surface area (Å²) in [7, 11) is 0. The highest BCUT2D eigenvalue weighted by Crippen LogP contribution is 2.35. The topological polar surface area (TPSA) is 99.3 Å². The molecule has 1 heterocycles. The summed E-state index contributed by atoms with van der Waals surface area (Å²) in [6, 6.07) is 7.87. The average molecular weight is 470 g/mol. The van der Waals surface area contributed by atoms with Crippen LogP contribution in [-0.4, -0.2) is 20.6 Å². The lowest BCUT2D eigenvalue weighted by Crippen LogP contribution is -2.26. The number of benzene rings is 2. The molecule has 3 aromatic rings. The Kier molecular flexibility index (Phi) is 6.81. The van der Waals surface area contributed by atoms with Crippen molar-refractivity contribution in [1.82, 2.24) is 9.78 Å². The van der Waals surface area contributed by atoms with Crippen molar-refractivity contribution in [2.45, 2.75) is 19.4 Å². The van der Waals surface area contributed by atoms with Gasteiger partial charge in [-0.1, -0.05) is 41.7 Å². The molecule has 1 atom stereocenters. The first-order chi connectivity index (χ1) is 14.3. The van der Waals surface area contributed by atoms with Crippen molar-refractivity contribution >= 4 is 52.1 Å². The van der Waals surface area contributed by atoms with Crippen molar-refractivity contribution in [2.75, 3.05) is 5.32 Å². The zero-order chi connectivity index (χ0) is 21.8. The van der Waals surface area contributed by atoms with Crippen LogP contribution in [0, 0.1) is 10.1 Å². The largest absolute Gasteiger partial charge is 0.455 e. The van der Waals surface area contributed by atoms with E-state index in [2.05, 4.69) is 10.4 Å². The maximum atomic E-state index is 12.7. The Morgan fingerprint density at radius 3 is 2.60 bits per heavy atom. The number of carbonyl (C=O) groups excluding carboxylic acids is 1. The van der Waals surface area contributed by atoms with Crippen molar-refractivity contribution in [3.8, 4) is 11.5 Å². The van der Waals surface area contributed by atoms with Crippen LogP contribution in [0.2, 0.25) is 15.1 Å². The molecule has 1 aromatic heterocycles. The molecule has 0 bridgehead atoms. The molecule has 8 nitrogen and oxygen atoms in total. The van der Waals surface area contributed by atoms with E-state index in [-0.39, 0.29) is 27.9 Å². The summed E-state index contributed by atoms with van der Waals surface area (Å²) >= 11 is 17.9. The van der Waals surface area contributed by atoms with Crippen molar-refractivity contribution in [3.05, 3.63) is 74.0 Å². The molecule has 1 unspecified atom stereocenters. The maximum Gasteiger partial charge on any atom is 0.275 e. The Morgan fingerprint density at radius 2 is 2.00 bits per heavy atom. The van der Waals surface area contributed by atoms with Crippen molar-refractivity contribution in [3.63, 3.8) is 0 Å². The molecule has 0 saturated carbocycles. The highest BCUT2D eigenvalue weighted by Gasteiger charge is 2.21. The fraction of sp³-hybridized carbons (Fsp3) is 0.158. The highest BCUT2D eigenvalue weighted by molar-refractivity contribution is 6.35. The molecule has 3 rings (SSSR count). The lowest BCUT2D eigenvalue weighted by Gasteiger charge is -2.16. The first kappa shape index (κ1) is 21.9. The van der Waals surface area contributed by atoms with E-state index in [1.165, 1.54) is 47.4 Å². The molecule has 11 heteroatoms. The fourth-order valence-corrected chi connectivity index (χ4v) is 3.30. The van der Waals surface area contributed by atoms with Gasteiger partial charge in [-0.05, 0) is 24.6 Å². The van der Waals surface area contributed by atoms with Gasteiger partial charge < -0.3 is 10.1 Å². The molecular formula is C19H15Cl3N4O4. The van der Waals surface area contributed by atoms with Gasteiger partial charge in [-0.15, -0.1) is 0 Å². The van der Waals surface area contributed by atoms with Crippen LogP contribution in [0.1, 0.15) is 19.4 Å². The monoisotopic (exact) mass is 468 g/mol. The molecule has 0 spiro atoms. The second-order valence-corrected chi connectivity index (χ2v) is 7.48. The summed E-state index contributed by atoms with van der Waals surface area (Å²) in [5.74, 6) is -0.0244. The van der Waals surface area contributed by atoms with Gasteiger partial charge in [0.15, 0.2) is 0 Å². The SMILES string of the molecule is CCC(C(=O)Nc1cc(Oc2ccc(Cl)cc2Cl)cc([N+](=O)[O-])c1)n1cc(Cl)cn1. The number of halogens is 3. The number of nitrogens with zero attached hydrogens (tertiary/aromatic N) is 3. The third-order valence-electron chi connectivity index (χ3n) is 4.07. The smallest absolute Gasteiger partial charge is 0.275 e. The summed E-state index contributed by atoms with van der Waals surface area (Å²) in [4.78, 5) is 23.5. The number of anilines is 1. The molecule has 0 aliphatic rings. The third-order valence-corrected chi connectivity index (χ3v) is 4.80. The zero-order valence-electron chi connectivity index (χ0n) is 15.5. The summed E-state index contributed by atoms with van der Waals surface area (Å²) in [5.41, 5.74) is -0.0749. The van der Waals surface area contributed by atoms with Gasteiger partial charge in [-0.25, -0.2) is 0 Å². The van der Waals surface area contributed by atoms with Gasteiger partial charge in [0.1, 0.15) is 17.5 Å². The van der Waals surface area contributed by atoms with Gasteiger partial charge in [0.05, 0.1) is 32.9 Å². The van der Waals surface area contributed by atoms with Crippen molar-refractivity contribution in [1.29, 1.82) is 0 Å². The van der Waals surface area contributed by atoms with E-state index in [0.717, 1.165) is 0 Å². The third kappa shape index (κ3) is 5.21. The van der Waals surface area contributed by atoms with E-state index in [1.807, 2.05) is 6.92 Å². The first-order valence-corrected chi connectivity index (χ1v) is 9.83. The van der Waals surface area contributed by atoms with Gasteiger partial charge >= 0.3 is 0 Å². The lowest BCUT2D eigenvalue weighted by molar-refractivity contribution is -0.384. The molecule has 0 fully saturated rings. The van der Waals surface area contributed by atoms with Crippen molar-refractivity contribution in [2.24, 2.45) is 0 Å². The molecule has 0 aliphatic heterocycles. The number of non-ortho nitro benzene ring substituents is 1. The predicted molar refractivity (Wildman–Crippen MR) is 115 cm³/mol. The fourth-order valence-electron chi connectivity index (χ4n) is 2.71. The number of nitro groups is 1. The molecule has 1 N–H and O–H groups in total. The zero-order valence-corrected chi connectivity index (χ0v) is 17.8. The minimum atomic E-state index is -0.646. The number of nitrogens with one attached hydrogen (secondary N) is 1. The van der Waals surface area contributed by atoms with Crippen LogP contribution in [0.25, 0.3) is 0 Å². The number of nitro benzene ring substituents is 1. The van der Waals surface area contributed by atoms with Crippen LogP contribution in [-0.2, 0) is 4.79 Å². The Bertz CT molecular complexity index is 1100. The van der Waals surface area contributed by atoms with Crippen LogP contribution < -0.4 is 10.1 Å². The van der Waals surface area contributed by atoms with Crippen LogP contribution in [0.4, 0.5) is 11.4 Å². The van der Waals surface area contributed by atoms with Crippen molar-refractivity contribution < 1.29 is 14.5 Å². The Morgan fingerprint density at radius 1 is 1.23 bits per heavy atom. The first-order valence-electron chi connectivity index (χ1n) is 8.69. The van der Waals surface area contributed by atoms with E-state index in [0.29, 0.717) is 16.5 Å². The number of hydrogen-bond donors (Lipinski definition) is 1. The predicted octanol–water partition coefficient (Wildman–Crippen LogP) is 6.13. The van der Waals surface area contributed by atoms with E-state index in [9.17, 15) is 14.9 Å². The molecule has 0 saturated heterocycles. The number of aromatic nitrogens is 2. The minimum Gasteiger partial charge on any atom is -0.455 e. The number of ether oxygens (including phenoxy) is 1. The quantitative estimate of drug-likeness (QED) is 0.331. The molecule has 156 valence electrons. The number of amides is 1. The standard InChI is InChI=1S/C19H15Cl3N4O4/c1-2-17(25-10-12(21)9-23-25)19(27)24-13-6-14(26(28)29)8-15(7-13)30-18-4-3-11(20)5-16(18)22/h3-10,17H,2H2,1H3,(H,24,27). The van der Waals surface area contributed by atoms with E-state index < -0.39 is 16.9 Å². The molecule has 1 amide bonds. The summed E-state index contributed by atoms with van der Waals surface area (Å²) in [6.07, 6.45) is 3.38. The van der Waals surface area contributed by atoms with E-state index >= 15 is 0 Å². The minimum absolute atomic E-state index is 0.124. The summed E-state index contributed by atoms with van der Waals surface area (Å²) in [6.45, 7) is 1.81. The van der Waals surface area contributed by atoms with E-state index in [4.69, 9.17) is 39.5 Å². The second-order valence-electron chi connectivity index (χ2n) is 6.20. The normalized spacial score (nSPS) is 11.7. The van der Waals surface area contributed by atoms with Gasteiger partial charge in [-0.3, -0.25) is 19.6 Å². The molecule has 0 aliphatic carbocycles. The average Bonchev–Trinajstić information content (AvgIpc) is 3.10. The molecular weight excluding hydrogens is 455 g/mol. The summed E-state index contributed by atoms with van der Waals surface area (Å²) in [5, 5.41) is 19.1. The Hall–Kier alpha value is -2.81. The molecule has 2 aromatic carbocycles. The van der Waals surface area contributed by atoms with Crippen LogP contribution in [0.15, 0.2) is 48.8 Å². The van der Waals surface area contributed by atoms with E-state index in [1.54, 1.807) is 6.07 Å².